The van der Waals surface area contributed by atoms with Crippen LogP contribution in [0.1, 0.15) is 5.56 Å². The second-order valence-corrected chi connectivity index (χ2v) is 5.47. The van der Waals surface area contributed by atoms with Crippen molar-refractivity contribution < 1.29 is 4.74 Å². The second kappa shape index (κ2) is 5.79. The third kappa shape index (κ3) is 2.94. The highest BCUT2D eigenvalue weighted by molar-refractivity contribution is 6.32. The summed E-state index contributed by atoms with van der Waals surface area (Å²) in [5, 5.41) is 0.714. The van der Waals surface area contributed by atoms with Gasteiger partial charge in [-0.05, 0) is 18.0 Å². The molecule has 104 valence electrons. The van der Waals surface area contributed by atoms with Crippen LogP contribution in [0.5, 0.6) is 0 Å². The molecule has 19 heavy (non-hydrogen) atoms. The van der Waals surface area contributed by atoms with Gasteiger partial charge in [-0.25, -0.2) is 9.97 Å². The summed E-state index contributed by atoms with van der Waals surface area (Å²) >= 11 is 12.0. The number of rotatable bonds is 3. The summed E-state index contributed by atoms with van der Waals surface area (Å²) in [6, 6.07) is 0. The predicted molar refractivity (Wildman–Crippen MR) is 75.2 cm³/mol. The predicted octanol–water partition coefficient (Wildman–Crippen LogP) is 1.48. The highest BCUT2D eigenvalue weighted by Gasteiger charge is 2.25. The van der Waals surface area contributed by atoms with E-state index in [2.05, 4.69) is 19.8 Å². The third-order valence-electron chi connectivity index (χ3n) is 3.63. The van der Waals surface area contributed by atoms with E-state index in [-0.39, 0.29) is 5.28 Å². The first-order valence-corrected chi connectivity index (χ1v) is 7.26. The van der Waals surface area contributed by atoms with E-state index < -0.39 is 0 Å². The van der Waals surface area contributed by atoms with Gasteiger partial charge in [0.15, 0.2) is 0 Å². The average Bonchev–Trinajstić information content (AvgIpc) is 2.81. The summed E-state index contributed by atoms with van der Waals surface area (Å²) in [7, 11) is 0. The van der Waals surface area contributed by atoms with Gasteiger partial charge in [0.1, 0.15) is 11.0 Å². The van der Waals surface area contributed by atoms with E-state index >= 15 is 0 Å². The fraction of sp³-hybridized carbons (Fsp3) is 0.667. The number of morpholine rings is 1. The van der Waals surface area contributed by atoms with Crippen molar-refractivity contribution in [2.45, 2.75) is 6.42 Å². The Labute approximate surface area is 122 Å². The lowest BCUT2D eigenvalue weighted by Gasteiger charge is -2.29. The van der Waals surface area contributed by atoms with Gasteiger partial charge in [0.25, 0.3) is 0 Å². The summed E-state index contributed by atoms with van der Waals surface area (Å²) in [4.78, 5) is 13.0. The van der Waals surface area contributed by atoms with Crippen LogP contribution < -0.4 is 4.90 Å². The molecule has 2 aliphatic heterocycles. The summed E-state index contributed by atoms with van der Waals surface area (Å²) in [5.74, 6) is 0.901. The quantitative estimate of drug-likeness (QED) is 0.625. The first-order valence-electron chi connectivity index (χ1n) is 6.51. The fourth-order valence-corrected chi connectivity index (χ4v) is 3.02. The first-order chi connectivity index (χ1) is 9.24. The van der Waals surface area contributed by atoms with Crippen LogP contribution in [0.4, 0.5) is 5.82 Å². The first kappa shape index (κ1) is 13.4. The molecule has 0 aliphatic carbocycles. The molecule has 0 amide bonds. The minimum atomic E-state index is 0.224. The van der Waals surface area contributed by atoms with Crippen molar-refractivity contribution >= 4 is 29.0 Å². The van der Waals surface area contributed by atoms with Crippen LogP contribution in [0.25, 0.3) is 0 Å². The van der Waals surface area contributed by atoms with E-state index in [1.54, 1.807) is 0 Å². The molecule has 1 aromatic heterocycles. The lowest BCUT2D eigenvalue weighted by atomic mass is 10.3. The Morgan fingerprint density at radius 2 is 1.84 bits per heavy atom. The fourth-order valence-electron chi connectivity index (χ4n) is 2.55. The van der Waals surface area contributed by atoms with E-state index in [4.69, 9.17) is 27.9 Å². The van der Waals surface area contributed by atoms with Crippen molar-refractivity contribution in [1.29, 1.82) is 0 Å². The highest BCUT2D eigenvalue weighted by Crippen LogP contribution is 2.31. The molecule has 0 N–H and O–H groups in total. The summed E-state index contributed by atoms with van der Waals surface area (Å²) < 4.78 is 5.35. The maximum absolute atomic E-state index is 6.10. The van der Waals surface area contributed by atoms with Crippen LogP contribution >= 0.6 is 23.2 Å². The van der Waals surface area contributed by atoms with Crippen LogP contribution in [0.2, 0.25) is 10.4 Å². The van der Waals surface area contributed by atoms with E-state index in [9.17, 15) is 0 Å². The van der Waals surface area contributed by atoms with Crippen molar-refractivity contribution in [3.63, 3.8) is 0 Å². The van der Waals surface area contributed by atoms with Crippen LogP contribution in [0.3, 0.4) is 0 Å². The normalized spacial score (nSPS) is 19.8. The number of halogens is 2. The molecule has 3 rings (SSSR count). The number of hydrogen-bond donors (Lipinski definition) is 0. The second-order valence-electron chi connectivity index (χ2n) is 4.78. The molecule has 0 atom stereocenters. The van der Waals surface area contributed by atoms with Gasteiger partial charge in [-0.1, -0.05) is 11.6 Å². The standard InChI is InChI=1S/C12H16Cl2N4O/c13-10-9-1-2-18(11(9)16-12(14)15-10)4-3-17-5-7-19-8-6-17/h1-8H2. The lowest BCUT2D eigenvalue weighted by molar-refractivity contribution is 0.0392. The molecule has 0 spiro atoms. The maximum atomic E-state index is 6.10. The molecule has 0 saturated carbocycles. The van der Waals surface area contributed by atoms with Crippen molar-refractivity contribution in [2.24, 2.45) is 0 Å². The summed E-state index contributed by atoms with van der Waals surface area (Å²) in [6.07, 6.45) is 0.897. The third-order valence-corrected chi connectivity index (χ3v) is 4.11. The smallest absolute Gasteiger partial charge is 0.225 e. The Morgan fingerprint density at radius 1 is 1.05 bits per heavy atom. The molecule has 1 saturated heterocycles. The summed E-state index contributed by atoms with van der Waals surface area (Å²) in [5.41, 5.74) is 1.02. The van der Waals surface area contributed by atoms with Gasteiger partial charge < -0.3 is 9.64 Å². The zero-order chi connectivity index (χ0) is 13.2. The van der Waals surface area contributed by atoms with Gasteiger partial charge in [0.2, 0.25) is 5.28 Å². The minimum Gasteiger partial charge on any atom is -0.379 e. The zero-order valence-corrected chi connectivity index (χ0v) is 12.1. The highest BCUT2D eigenvalue weighted by atomic mass is 35.5. The van der Waals surface area contributed by atoms with Crippen LogP contribution in [0, 0.1) is 0 Å². The molecule has 0 unspecified atom stereocenters. The number of hydrogen-bond acceptors (Lipinski definition) is 5. The molecule has 1 aromatic rings. The van der Waals surface area contributed by atoms with Crippen molar-refractivity contribution in [2.75, 3.05) is 50.8 Å². The maximum Gasteiger partial charge on any atom is 0.225 e. The Hall–Kier alpha value is -0.620. The molecule has 2 aliphatic rings. The monoisotopic (exact) mass is 302 g/mol. The topological polar surface area (TPSA) is 41.5 Å². The van der Waals surface area contributed by atoms with E-state index in [0.717, 1.165) is 63.7 Å². The van der Waals surface area contributed by atoms with Crippen molar-refractivity contribution in [1.82, 2.24) is 14.9 Å². The summed E-state index contributed by atoms with van der Waals surface area (Å²) in [6.45, 7) is 6.57. The lowest BCUT2D eigenvalue weighted by Crippen LogP contribution is -2.41. The average molecular weight is 303 g/mol. The molecule has 0 radical (unpaired) electrons. The van der Waals surface area contributed by atoms with Gasteiger partial charge in [-0.15, -0.1) is 0 Å². The Kier molecular flexibility index (Phi) is 4.07. The van der Waals surface area contributed by atoms with Gasteiger partial charge >= 0.3 is 0 Å². The molecule has 5 nitrogen and oxygen atoms in total. The largest absolute Gasteiger partial charge is 0.379 e. The Balaban J connectivity index is 1.65. The molecular weight excluding hydrogens is 287 g/mol. The number of anilines is 1. The Bertz CT molecular complexity index is 465. The number of nitrogens with zero attached hydrogens (tertiary/aromatic N) is 4. The van der Waals surface area contributed by atoms with Crippen LogP contribution in [-0.2, 0) is 11.2 Å². The number of aromatic nitrogens is 2. The van der Waals surface area contributed by atoms with E-state index in [0.29, 0.717) is 5.15 Å². The van der Waals surface area contributed by atoms with Gasteiger partial charge in [0, 0.05) is 38.3 Å². The molecule has 3 heterocycles. The zero-order valence-electron chi connectivity index (χ0n) is 10.6. The van der Waals surface area contributed by atoms with Crippen molar-refractivity contribution in [3.05, 3.63) is 16.0 Å². The SMILES string of the molecule is Clc1nc(Cl)c2c(n1)N(CCN1CCOCC1)CC2. The molecular formula is C12H16Cl2N4O. The molecule has 0 bridgehead atoms. The van der Waals surface area contributed by atoms with Crippen LogP contribution in [0.15, 0.2) is 0 Å². The number of ether oxygens (including phenoxy) is 1. The van der Waals surface area contributed by atoms with E-state index in [1.807, 2.05) is 0 Å². The minimum absolute atomic E-state index is 0.224. The van der Waals surface area contributed by atoms with Gasteiger partial charge in [0.05, 0.1) is 13.2 Å². The Morgan fingerprint density at radius 3 is 2.63 bits per heavy atom. The molecule has 7 heteroatoms. The molecule has 1 fully saturated rings. The van der Waals surface area contributed by atoms with Crippen LogP contribution in [-0.4, -0.2) is 60.8 Å². The number of fused-ring (bicyclic) bond motifs is 1. The van der Waals surface area contributed by atoms with Crippen molar-refractivity contribution in [3.8, 4) is 0 Å². The van der Waals surface area contributed by atoms with Gasteiger partial charge in [-0.2, -0.15) is 0 Å². The molecule has 0 aromatic carbocycles. The van der Waals surface area contributed by atoms with Gasteiger partial charge in [-0.3, -0.25) is 4.90 Å². The van der Waals surface area contributed by atoms with E-state index in [1.165, 1.54) is 0 Å².